The van der Waals surface area contributed by atoms with E-state index >= 15 is 0 Å². The molecule has 1 saturated carbocycles. The molecule has 0 heterocycles. The van der Waals surface area contributed by atoms with E-state index in [0.717, 1.165) is 5.69 Å². The molecule has 5 nitrogen and oxygen atoms in total. The first kappa shape index (κ1) is 16.9. The average Bonchev–Trinajstić information content (AvgIpc) is 3.43. The number of Topliss-reactive ketones (excluding diaryl/α,β-unsaturated/α-hetero) is 1. The van der Waals surface area contributed by atoms with Crippen molar-refractivity contribution in [2.45, 2.75) is 19.8 Å². The van der Waals surface area contributed by atoms with Crippen molar-refractivity contribution in [3.05, 3.63) is 60.2 Å². The molecular weight excluding hydrogens is 316 g/mol. The first-order valence-electron chi connectivity index (χ1n) is 8.20. The maximum absolute atomic E-state index is 12.8. The van der Waals surface area contributed by atoms with Crippen molar-refractivity contribution in [3.63, 3.8) is 0 Å². The molecule has 0 aliphatic heterocycles. The summed E-state index contributed by atoms with van der Waals surface area (Å²) in [5.41, 5.74) is 0.928. The standard InChI is InChI=1S/C20H20N2O3/c1-14(23)15-8-10-16(11-9-15)21-18(24)20(12-13-20)19(25)22(2)17-6-4-3-5-7-17/h3-11H,12-13H2,1-2H3,(H,21,24). The van der Waals surface area contributed by atoms with E-state index in [1.165, 1.54) is 11.8 Å². The summed E-state index contributed by atoms with van der Waals surface area (Å²) in [6.07, 6.45) is 1.08. The smallest absolute Gasteiger partial charge is 0.242 e. The van der Waals surface area contributed by atoms with Crippen molar-refractivity contribution in [1.29, 1.82) is 0 Å². The number of hydrogen-bond donors (Lipinski definition) is 1. The second-order valence-corrected chi connectivity index (χ2v) is 6.37. The van der Waals surface area contributed by atoms with Crippen molar-refractivity contribution >= 4 is 29.0 Å². The van der Waals surface area contributed by atoms with Gasteiger partial charge in [0.15, 0.2) is 5.78 Å². The third-order valence-electron chi connectivity index (χ3n) is 4.59. The quantitative estimate of drug-likeness (QED) is 0.673. The number of nitrogens with one attached hydrogen (secondary N) is 1. The lowest BCUT2D eigenvalue weighted by molar-refractivity contribution is -0.132. The Morgan fingerprint density at radius 3 is 2.08 bits per heavy atom. The zero-order valence-corrected chi connectivity index (χ0v) is 14.3. The van der Waals surface area contributed by atoms with E-state index < -0.39 is 5.41 Å². The molecule has 1 N–H and O–H groups in total. The number of rotatable bonds is 5. The van der Waals surface area contributed by atoms with Crippen LogP contribution < -0.4 is 10.2 Å². The van der Waals surface area contributed by atoms with Crippen LogP contribution >= 0.6 is 0 Å². The van der Waals surface area contributed by atoms with Crippen LogP contribution in [0.3, 0.4) is 0 Å². The molecule has 5 heteroatoms. The van der Waals surface area contributed by atoms with E-state index in [0.29, 0.717) is 24.1 Å². The minimum atomic E-state index is -0.996. The van der Waals surface area contributed by atoms with Crippen LogP contribution in [-0.4, -0.2) is 24.6 Å². The van der Waals surface area contributed by atoms with Crippen LogP contribution in [0.1, 0.15) is 30.1 Å². The normalized spacial score (nSPS) is 14.5. The first-order chi connectivity index (χ1) is 11.9. The molecule has 0 bridgehead atoms. The van der Waals surface area contributed by atoms with E-state index in [1.807, 2.05) is 30.3 Å². The van der Waals surface area contributed by atoms with Gasteiger partial charge in [-0.15, -0.1) is 0 Å². The Kier molecular flexibility index (Phi) is 4.40. The lowest BCUT2D eigenvalue weighted by Gasteiger charge is -2.23. The highest BCUT2D eigenvalue weighted by atomic mass is 16.2. The Hall–Kier alpha value is -2.95. The number of hydrogen-bond acceptors (Lipinski definition) is 3. The van der Waals surface area contributed by atoms with Gasteiger partial charge in [-0.25, -0.2) is 0 Å². The van der Waals surface area contributed by atoms with Gasteiger partial charge in [-0.2, -0.15) is 0 Å². The second-order valence-electron chi connectivity index (χ2n) is 6.37. The highest BCUT2D eigenvalue weighted by Crippen LogP contribution is 2.48. The SMILES string of the molecule is CC(=O)c1ccc(NC(=O)C2(C(=O)N(C)c3ccccc3)CC2)cc1. The Balaban J connectivity index is 1.72. The summed E-state index contributed by atoms with van der Waals surface area (Å²) in [5.74, 6) is -0.524. The van der Waals surface area contributed by atoms with Crippen LogP contribution in [0.25, 0.3) is 0 Å². The molecule has 2 aromatic carbocycles. The van der Waals surface area contributed by atoms with Gasteiger partial charge in [0.2, 0.25) is 11.8 Å². The van der Waals surface area contributed by atoms with Gasteiger partial charge >= 0.3 is 0 Å². The number of carbonyl (C=O) groups is 3. The summed E-state index contributed by atoms with van der Waals surface area (Å²) < 4.78 is 0. The molecule has 0 atom stereocenters. The van der Waals surface area contributed by atoms with Gasteiger partial charge in [0, 0.05) is 24.0 Å². The zero-order chi connectivity index (χ0) is 18.0. The molecule has 0 radical (unpaired) electrons. The summed E-state index contributed by atoms with van der Waals surface area (Å²) in [6, 6.07) is 16.0. The Morgan fingerprint density at radius 2 is 1.56 bits per heavy atom. The molecular formula is C20H20N2O3. The number of benzene rings is 2. The van der Waals surface area contributed by atoms with Gasteiger partial charge in [-0.3, -0.25) is 14.4 Å². The molecule has 2 amide bonds. The van der Waals surface area contributed by atoms with Crippen molar-refractivity contribution in [1.82, 2.24) is 0 Å². The van der Waals surface area contributed by atoms with E-state index in [4.69, 9.17) is 0 Å². The molecule has 1 fully saturated rings. The Morgan fingerprint density at radius 1 is 0.960 bits per heavy atom. The maximum Gasteiger partial charge on any atom is 0.242 e. The number of anilines is 2. The fourth-order valence-electron chi connectivity index (χ4n) is 2.79. The van der Waals surface area contributed by atoms with Gasteiger partial charge in [-0.1, -0.05) is 18.2 Å². The third kappa shape index (κ3) is 3.31. The van der Waals surface area contributed by atoms with E-state index in [9.17, 15) is 14.4 Å². The number of ketones is 1. The minimum Gasteiger partial charge on any atom is -0.325 e. The second kappa shape index (κ2) is 6.51. The number of para-hydroxylation sites is 1. The molecule has 0 unspecified atom stereocenters. The van der Waals surface area contributed by atoms with Gasteiger partial charge < -0.3 is 10.2 Å². The highest BCUT2D eigenvalue weighted by Gasteiger charge is 2.57. The van der Waals surface area contributed by atoms with Crippen LogP contribution in [0, 0.1) is 5.41 Å². The van der Waals surface area contributed by atoms with Gasteiger partial charge in [0.25, 0.3) is 0 Å². The van der Waals surface area contributed by atoms with Crippen molar-refractivity contribution in [2.75, 3.05) is 17.3 Å². The molecule has 128 valence electrons. The molecule has 25 heavy (non-hydrogen) atoms. The largest absolute Gasteiger partial charge is 0.325 e. The zero-order valence-electron chi connectivity index (χ0n) is 14.3. The summed E-state index contributed by atoms with van der Waals surface area (Å²) in [7, 11) is 1.69. The predicted octanol–water partition coefficient (Wildman–Crippen LogP) is 3.27. The third-order valence-corrected chi connectivity index (χ3v) is 4.59. The monoisotopic (exact) mass is 336 g/mol. The van der Waals surface area contributed by atoms with E-state index in [1.54, 1.807) is 31.3 Å². The minimum absolute atomic E-state index is 0.0313. The van der Waals surface area contributed by atoms with Crippen LogP contribution in [-0.2, 0) is 9.59 Å². The number of nitrogens with zero attached hydrogens (tertiary/aromatic N) is 1. The van der Waals surface area contributed by atoms with E-state index in [-0.39, 0.29) is 17.6 Å². The number of amides is 2. The molecule has 2 aromatic rings. The van der Waals surface area contributed by atoms with Crippen LogP contribution in [0.4, 0.5) is 11.4 Å². The van der Waals surface area contributed by atoms with Crippen molar-refractivity contribution in [3.8, 4) is 0 Å². The molecule has 3 rings (SSSR count). The average molecular weight is 336 g/mol. The molecule has 1 aliphatic carbocycles. The maximum atomic E-state index is 12.8. The highest BCUT2D eigenvalue weighted by molar-refractivity contribution is 6.17. The van der Waals surface area contributed by atoms with Crippen molar-refractivity contribution in [2.24, 2.45) is 5.41 Å². The topological polar surface area (TPSA) is 66.5 Å². The molecule has 0 saturated heterocycles. The fourth-order valence-corrected chi connectivity index (χ4v) is 2.79. The summed E-state index contributed by atoms with van der Waals surface area (Å²) in [6.45, 7) is 1.49. The molecule has 0 aromatic heterocycles. The summed E-state index contributed by atoms with van der Waals surface area (Å²) in [5, 5.41) is 2.80. The lowest BCUT2D eigenvalue weighted by atomic mass is 10.0. The van der Waals surface area contributed by atoms with Crippen LogP contribution in [0.15, 0.2) is 54.6 Å². The van der Waals surface area contributed by atoms with Crippen molar-refractivity contribution < 1.29 is 14.4 Å². The van der Waals surface area contributed by atoms with Crippen LogP contribution in [0.5, 0.6) is 0 Å². The molecule has 0 spiro atoms. The van der Waals surface area contributed by atoms with Crippen LogP contribution in [0.2, 0.25) is 0 Å². The van der Waals surface area contributed by atoms with Gasteiger partial charge in [-0.05, 0) is 56.2 Å². The first-order valence-corrected chi connectivity index (χ1v) is 8.20. The lowest BCUT2D eigenvalue weighted by Crippen LogP contribution is -2.41. The van der Waals surface area contributed by atoms with Gasteiger partial charge in [0.05, 0.1) is 0 Å². The summed E-state index contributed by atoms with van der Waals surface area (Å²) >= 11 is 0. The summed E-state index contributed by atoms with van der Waals surface area (Å²) in [4.78, 5) is 38.3. The predicted molar refractivity (Wildman–Crippen MR) is 96.6 cm³/mol. The Labute approximate surface area is 146 Å². The van der Waals surface area contributed by atoms with Gasteiger partial charge in [0.1, 0.15) is 5.41 Å². The number of carbonyl (C=O) groups excluding carboxylic acids is 3. The Bertz CT molecular complexity index is 809. The van der Waals surface area contributed by atoms with E-state index in [2.05, 4.69) is 5.32 Å². The fraction of sp³-hybridized carbons (Fsp3) is 0.250. The molecule has 1 aliphatic rings.